The molecule has 15 heavy (non-hydrogen) atoms. The van der Waals surface area contributed by atoms with E-state index in [0.29, 0.717) is 5.92 Å². The Kier molecular flexibility index (Phi) is 5.13. The highest BCUT2D eigenvalue weighted by Gasteiger charge is 2.09. The Morgan fingerprint density at radius 1 is 1.40 bits per heavy atom. The van der Waals surface area contributed by atoms with Gasteiger partial charge in [-0.25, -0.2) is 0 Å². The van der Waals surface area contributed by atoms with Crippen LogP contribution in [0.15, 0.2) is 18.2 Å². The number of halogens is 1. The normalized spacial score (nSPS) is 12.8. The molecule has 0 spiro atoms. The van der Waals surface area contributed by atoms with Gasteiger partial charge in [-0.15, -0.1) is 0 Å². The van der Waals surface area contributed by atoms with Gasteiger partial charge in [0, 0.05) is 5.02 Å². The lowest BCUT2D eigenvalue weighted by Crippen LogP contribution is -2.04. The SMILES string of the molecule is CCC(CCCN)c1ccc(Cl)c(C)c1. The van der Waals surface area contributed by atoms with Crippen LogP contribution in [0.2, 0.25) is 5.02 Å². The molecule has 0 aliphatic rings. The van der Waals surface area contributed by atoms with Gasteiger partial charge in [-0.2, -0.15) is 0 Å². The monoisotopic (exact) mass is 225 g/mol. The number of aryl methyl sites for hydroxylation is 1. The Balaban J connectivity index is 2.78. The molecular weight excluding hydrogens is 206 g/mol. The van der Waals surface area contributed by atoms with Crippen molar-refractivity contribution in [3.63, 3.8) is 0 Å². The van der Waals surface area contributed by atoms with Gasteiger partial charge in [0.2, 0.25) is 0 Å². The van der Waals surface area contributed by atoms with Crippen molar-refractivity contribution in [3.8, 4) is 0 Å². The van der Waals surface area contributed by atoms with Crippen molar-refractivity contribution in [2.24, 2.45) is 5.73 Å². The Hall–Kier alpha value is -0.530. The molecule has 0 aliphatic heterocycles. The van der Waals surface area contributed by atoms with Crippen molar-refractivity contribution in [2.75, 3.05) is 6.54 Å². The van der Waals surface area contributed by atoms with E-state index in [4.69, 9.17) is 17.3 Å². The third kappa shape index (κ3) is 3.51. The fourth-order valence-electron chi connectivity index (χ4n) is 1.89. The van der Waals surface area contributed by atoms with E-state index in [1.54, 1.807) is 0 Å². The summed E-state index contributed by atoms with van der Waals surface area (Å²) in [7, 11) is 0. The van der Waals surface area contributed by atoms with E-state index in [9.17, 15) is 0 Å². The maximum absolute atomic E-state index is 6.01. The molecule has 0 radical (unpaired) electrons. The van der Waals surface area contributed by atoms with Crippen LogP contribution in [-0.4, -0.2) is 6.54 Å². The minimum atomic E-state index is 0.629. The van der Waals surface area contributed by atoms with Crippen LogP contribution in [0.3, 0.4) is 0 Å². The summed E-state index contributed by atoms with van der Waals surface area (Å²) in [6, 6.07) is 6.34. The Bertz CT molecular complexity index is 309. The number of hydrogen-bond acceptors (Lipinski definition) is 1. The molecule has 0 fully saturated rings. The first-order chi connectivity index (χ1) is 7.19. The fraction of sp³-hybridized carbons (Fsp3) is 0.538. The van der Waals surface area contributed by atoms with Crippen molar-refractivity contribution >= 4 is 11.6 Å². The molecule has 1 aromatic carbocycles. The number of rotatable bonds is 5. The van der Waals surface area contributed by atoms with Crippen LogP contribution in [0.4, 0.5) is 0 Å². The third-order valence-electron chi connectivity index (χ3n) is 2.90. The molecule has 0 saturated carbocycles. The Morgan fingerprint density at radius 3 is 2.67 bits per heavy atom. The van der Waals surface area contributed by atoms with E-state index in [2.05, 4.69) is 26.0 Å². The van der Waals surface area contributed by atoms with Gasteiger partial charge >= 0.3 is 0 Å². The average molecular weight is 226 g/mol. The van der Waals surface area contributed by atoms with Crippen molar-refractivity contribution in [2.45, 2.75) is 39.0 Å². The summed E-state index contributed by atoms with van der Waals surface area (Å²) in [5.74, 6) is 0.629. The smallest absolute Gasteiger partial charge is 0.0435 e. The lowest BCUT2D eigenvalue weighted by atomic mass is 9.91. The summed E-state index contributed by atoms with van der Waals surface area (Å²) in [6.07, 6.45) is 3.44. The number of benzene rings is 1. The van der Waals surface area contributed by atoms with Crippen LogP contribution in [0.5, 0.6) is 0 Å². The molecule has 1 nitrogen and oxygen atoms in total. The zero-order chi connectivity index (χ0) is 11.3. The molecule has 0 heterocycles. The first-order valence-electron chi connectivity index (χ1n) is 5.65. The molecule has 0 bridgehead atoms. The van der Waals surface area contributed by atoms with Gasteiger partial charge in [-0.05, 0) is 55.8 Å². The van der Waals surface area contributed by atoms with Crippen molar-refractivity contribution in [1.29, 1.82) is 0 Å². The third-order valence-corrected chi connectivity index (χ3v) is 3.33. The van der Waals surface area contributed by atoms with Crippen LogP contribution in [0.1, 0.15) is 43.2 Å². The average Bonchev–Trinajstić information content (AvgIpc) is 2.24. The highest BCUT2D eigenvalue weighted by Crippen LogP contribution is 2.27. The first-order valence-corrected chi connectivity index (χ1v) is 6.03. The zero-order valence-electron chi connectivity index (χ0n) is 9.59. The van der Waals surface area contributed by atoms with Crippen LogP contribution in [0.25, 0.3) is 0 Å². The summed E-state index contributed by atoms with van der Waals surface area (Å²) >= 11 is 6.01. The highest BCUT2D eigenvalue weighted by atomic mass is 35.5. The Morgan fingerprint density at radius 2 is 2.13 bits per heavy atom. The van der Waals surface area contributed by atoms with E-state index in [0.717, 1.165) is 18.0 Å². The molecule has 0 amide bonds. The molecule has 2 N–H and O–H groups in total. The summed E-state index contributed by atoms with van der Waals surface area (Å²) in [5.41, 5.74) is 8.11. The van der Waals surface area contributed by atoms with Gasteiger partial charge in [-0.3, -0.25) is 0 Å². The van der Waals surface area contributed by atoms with Crippen LogP contribution >= 0.6 is 11.6 Å². The van der Waals surface area contributed by atoms with E-state index in [1.807, 2.05) is 6.07 Å². The maximum atomic E-state index is 6.01. The maximum Gasteiger partial charge on any atom is 0.0435 e. The van der Waals surface area contributed by atoms with E-state index in [1.165, 1.54) is 24.0 Å². The topological polar surface area (TPSA) is 26.0 Å². The minimum Gasteiger partial charge on any atom is -0.330 e. The second kappa shape index (κ2) is 6.14. The molecule has 1 rings (SSSR count). The highest BCUT2D eigenvalue weighted by molar-refractivity contribution is 6.31. The molecule has 1 unspecified atom stereocenters. The van der Waals surface area contributed by atoms with Gasteiger partial charge < -0.3 is 5.73 Å². The number of nitrogens with two attached hydrogens (primary N) is 1. The molecule has 2 heteroatoms. The van der Waals surface area contributed by atoms with Gasteiger partial charge in [-0.1, -0.05) is 30.7 Å². The van der Waals surface area contributed by atoms with Gasteiger partial charge in [0.25, 0.3) is 0 Å². The summed E-state index contributed by atoms with van der Waals surface area (Å²) in [6.45, 7) is 5.07. The predicted octanol–water partition coefficient (Wildman–Crippen LogP) is 3.88. The number of hydrogen-bond donors (Lipinski definition) is 1. The zero-order valence-corrected chi connectivity index (χ0v) is 10.3. The lowest BCUT2D eigenvalue weighted by molar-refractivity contribution is 0.581. The Labute approximate surface area is 97.6 Å². The van der Waals surface area contributed by atoms with Crippen molar-refractivity contribution in [3.05, 3.63) is 34.3 Å². The molecule has 1 aromatic rings. The van der Waals surface area contributed by atoms with Crippen molar-refractivity contribution < 1.29 is 0 Å². The molecule has 1 atom stereocenters. The van der Waals surface area contributed by atoms with E-state index >= 15 is 0 Å². The lowest BCUT2D eigenvalue weighted by Gasteiger charge is -2.15. The molecule has 0 saturated heterocycles. The molecular formula is C13H20ClN. The minimum absolute atomic E-state index is 0.629. The second-order valence-corrected chi connectivity index (χ2v) is 4.45. The van der Waals surface area contributed by atoms with Gasteiger partial charge in [0.1, 0.15) is 0 Å². The van der Waals surface area contributed by atoms with E-state index < -0.39 is 0 Å². The summed E-state index contributed by atoms with van der Waals surface area (Å²) < 4.78 is 0. The molecule has 84 valence electrons. The predicted molar refractivity (Wildman–Crippen MR) is 67.5 cm³/mol. The van der Waals surface area contributed by atoms with Gasteiger partial charge in [0.05, 0.1) is 0 Å². The quantitative estimate of drug-likeness (QED) is 0.809. The van der Waals surface area contributed by atoms with Crippen LogP contribution in [0, 0.1) is 6.92 Å². The largest absolute Gasteiger partial charge is 0.330 e. The fourth-order valence-corrected chi connectivity index (χ4v) is 2.01. The van der Waals surface area contributed by atoms with Gasteiger partial charge in [0.15, 0.2) is 0 Å². The standard InChI is InChI=1S/C13H20ClN/c1-3-11(5-4-8-15)12-6-7-13(14)10(2)9-12/h6-7,9,11H,3-5,8,15H2,1-2H3. The summed E-state index contributed by atoms with van der Waals surface area (Å²) in [4.78, 5) is 0. The first kappa shape index (κ1) is 12.5. The van der Waals surface area contributed by atoms with E-state index in [-0.39, 0.29) is 0 Å². The second-order valence-electron chi connectivity index (χ2n) is 4.04. The molecule has 0 aliphatic carbocycles. The molecule has 0 aromatic heterocycles. The summed E-state index contributed by atoms with van der Waals surface area (Å²) in [5, 5.41) is 0.854. The van der Waals surface area contributed by atoms with Crippen LogP contribution in [-0.2, 0) is 0 Å². The van der Waals surface area contributed by atoms with Crippen molar-refractivity contribution in [1.82, 2.24) is 0 Å². The van der Waals surface area contributed by atoms with Crippen LogP contribution < -0.4 is 5.73 Å².